The number of hydrogen-bond acceptors (Lipinski definition) is 3. The van der Waals surface area contributed by atoms with Gasteiger partial charge in [0.2, 0.25) is 5.91 Å². The minimum Gasteiger partial charge on any atom is -0.484 e. The maximum atomic E-state index is 12.4. The molecule has 0 bridgehead atoms. The van der Waals surface area contributed by atoms with Crippen LogP contribution in [-0.2, 0) is 9.59 Å². The fourth-order valence-corrected chi connectivity index (χ4v) is 3.22. The van der Waals surface area contributed by atoms with Gasteiger partial charge in [0.15, 0.2) is 6.61 Å². The van der Waals surface area contributed by atoms with Gasteiger partial charge < -0.3 is 15.4 Å². The zero-order chi connectivity index (χ0) is 21.1. The molecule has 2 atom stereocenters. The van der Waals surface area contributed by atoms with Crippen LogP contribution in [-0.4, -0.2) is 25.0 Å². The van der Waals surface area contributed by atoms with Gasteiger partial charge in [-0.2, -0.15) is 0 Å². The lowest BCUT2D eigenvalue weighted by molar-refractivity contribution is -0.126. The van der Waals surface area contributed by atoms with Gasteiger partial charge in [0.05, 0.1) is 0 Å². The largest absolute Gasteiger partial charge is 0.484 e. The molecule has 0 aliphatic heterocycles. The average Bonchev–Trinajstić information content (AvgIpc) is 2.63. The Labute approximate surface area is 169 Å². The second kappa shape index (κ2) is 12.2. The molecule has 0 heterocycles. The second-order valence-corrected chi connectivity index (χ2v) is 7.51. The highest BCUT2D eigenvalue weighted by Gasteiger charge is 2.22. The van der Waals surface area contributed by atoms with Crippen LogP contribution >= 0.6 is 0 Å². The Bertz CT molecular complexity index is 670. The number of nitrogens with one attached hydrogen (secondary N) is 2. The monoisotopic (exact) mass is 388 g/mol. The fraction of sp³-hybridized carbons (Fsp3) is 0.565. The second-order valence-electron chi connectivity index (χ2n) is 7.51. The molecule has 2 N–H and O–H groups in total. The minimum absolute atomic E-state index is 0.0363. The Morgan fingerprint density at radius 3 is 2.50 bits per heavy atom. The summed E-state index contributed by atoms with van der Waals surface area (Å²) in [6.45, 7) is 14.6. The molecular formula is C23H36N2O3. The molecule has 0 saturated heterocycles. The van der Waals surface area contributed by atoms with Crippen LogP contribution in [0.3, 0.4) is 0 Å². The Morgan fingerprint density at radius 2 is 1.89 bits per heavy atom. The van der Waals surface area contributed by atoms with E-state index in [9.17, 15) is 9.59 Å². The van der Waals surface area contributed by atoms with E-state index in [2.05, 4.69) is 31.1 Å². The molecule has 1 aromatic rings. The molecular weight excluding hydrogens is 352 g/mol. The minimum atomic E-state index is -0.252. The van der Waals surface area contributed by atoms with E-state index in [-0.39, 0.29) is 24.3 Å². The Morgan fingerprint density at radius 1 is 1.18 bits per heavy atom. The zero-order valence-electron chi connectivity index (χ0n) is 18.1. The van der Waals surface area contributed by atoms with Crippen molar-refractivity contribution in [2.75, 3.05) is 13.2 Å². The normalized spacial score (nSPS) is 12.8. The Hall–Kier alpha value is -2.30. The van der Waals surface area contributed by atoms with E-state index >= 15 is 0 Å². The van der Waals surface area contributed by atoms with Crippen molar-refractivity contribution < 1.29 is 14.3 Å². The molecule has 0 fully saturated rings. The first-order chi connectivity index (χ1) is 13.3. The van der Waals surface area contributed by atoms with Crippen molar-refractivity contribution in [3.8, 4) is 5.75 Å². The van der Waals surface area contributed by atoms with Gasteiger partial charge in [0.1, 0.15) is 5.75 Å². The summed E-state index contributed by atoms with van der Waals surface area (Å²) < 4.78 is 5.52. The molecule has 0 aromatic heterocycles. The molecule has 2 unspecified atom stereocenters. The van der Waals surface area contributed by atoms with Crippen LogP contribution in [0.1, 0.15) is 57.6 Å². The van der Waals surface area contributed by atoms with Crippen LogP contribution in [0.4, 0.5) is 0 Å². The molecule has 5 heteroatoms. The smallest absolute Gasteiger partial charge is 0.262 e. The quantitative estimate of drug-likeness (QED) is 0.561. The summed E-state index contributed by atoms with van der Waals surface area (Å²) in [5.74, 6) is 0.913. The first kappa shape index (κ1) is 23.7. The van der Waals surface area contributed by atoms with E-state index in [1.165, 1.54) is 5.56 Å². The van der Waals surface area contributed by atoms with Gasteiger partial charge in [-0.1, -0.05) is 46.3 Å². The van der Waals surface area contributed by atoms with E-state index in [0.29, 0.717) is 30.3 Å². The Kier molecular flexibility index (Phi) is 10.4. The molecule has 0 radical (unpaired) electrons. The zero-order valence-corrected chi connectivity index (χ0v) is 18.1. The summed E-state index contributed by atoms with van der Waals surface area (Å²) in [7, 11) is 0. The number of amides is 2. The van der Waals surface area contributed by atoms with Crippen molar-refractivity contribution in [1.82, 2.24) is 10.6 Å². The lowest BCUT2D eigenvalue weighted by atomic mass is 9.87. The number of benzene rings is 1. The third-order valence-electron chi connectivity index (χ3n) is 5.10. The van der Waals surface area contributed by atoms with Crippen LogP contribution in [0.5, 0.6) is 5.75 Å². The molecule has 0 spiro atoms. The average molecular weight is 389 g/mol. The molecule has 1 rings (SSSR count). The van der Waals surface area contributed by atoms with E-state index in [1.807, 2.05) is 39.0 Å². The molecule has 2 amide bonds. The van der Waals surface area contributed by atoms with Gasteiger partial charge in [-0.25, -0.2) is 0 Å². The molecule has 0 aliphatic rings. The Balaban J connectivity index is 2.32. The topological polar surface area (TPSA) is 67.4 Å². The third-order valence-corrected chi connectivity index (χ3v) is 5.10. The van der Waals surface area contributed by atoms with Crippen molar-refractivity contribution in [1.29, 1.82) is 0 Å². The fourth-order valence-electron chi connectivity index (χ4n) is 3.22. The van der Waals surface area contributed by atoms with Gasteiger partial charge in [0, 0.05) is 24.6 Å². The summed E-state index contributed by atoms with van der Waals surface area (Å²) in [6.07, 6.45) is 3.47. The molecule has 1 aromatic carbocycles. The third kappa shape index (κ3) is 8.15. The van der Waals surface area contributed by atoms with Crippen LogP contribution in [0.2, 0.25) is 0 Å². The SMILES string of the molecule is C=C(CCNC(=O)C(CC)C(C)CCC)NC(=O)COc1ccc(C)c(C)c1. The molecule has 28 heavy (non-hydrogen) atoms. The summed E-state index contributed by atoms with van der Waals surface area (Å²) in [5.41, 5.74) is 2.88. The summed E-state index contributed by atoms with van der Waals surface area (Å²) >= 11 is 0. The molecule has 156 valence electrons. The first-order valence-electron chi connectivity index (χ1n) is 10.2. The summed E-state index contributed by atoms with van der Waals surface area (Å²) in [4.78, 5) is 24.4. The first-order valence-corrected chi connectivity index (χ1v) is 10.2. The number of rotatable bonds is 12. The number of ether oxygens (including phenoxy) is 1. The van der Waals surface area contributed by atoms with Crippen molar-refractivity contribution in [2.24, 2.45) is 11.8 Å². The van der Waals surface area contributed by atoms with E-state index in [1.54, 1.807) is 0 Å². The number of carbonyl (C=O) groups is 2. The molecule has 0 aliphatic carbocycles. The van der Waals surface area contributed by atoms with Gasteiger partial charge >= 0.3 is 0 Å². The summed E-state index contributed by atoms with van der Waals surface area (Å²) in [5, 5.41) is 5.69. The van der Waals surface area contributed by atoms with Gasteiger partial charge in [-0.3, -0.25) is 9.59 Å². The number of aryl methyl sites for hydroxylation is 2. The van der Waals surface area contributed by atoms with E-state index in [4.69, 9.17) is 4.74 Å². The van der Waals surface area contributed by atoms with E-state index < -0.39 is 0 Å². The van der Waals surface area contributed by atoms with Crippen molar-refractivity contribution in [3.05, 3.63) is 41.6 Å². The van der Waals surface area contributed by atoms with Crippen LogP contribution < -0.4 is 15.4 Å². The summed E-state index contributed by atoms with van der Waals surface area (Å²) in [6, 6.07) is 5.73. The lowest BCUT2D eigenvalue weighted by Gasteiger charge is -2.21. The maximum absolute atomic E-state index is 12.4. The van der Waals surface area contributed by atoms with Crippen molar-refractivity contribution in [2.45, 2.75) is 60.3 Å². The van der Waals surface area contributed by atoms with Gasteiger partial charge in [-0.05, 0) is 49.4 Å². The van der Waals surface area contributed by atoms with Gasteiger partial charge in [-0.15, -0.1) is 0 Å². The highest BCUT2D eigenvalue weighted by atomic mass is 16.5. The molecule has 5 nitrogen and oxygen atoms in total. The van der Waals surface area contributed by atoms with Gasteiger partial charge in [0.25, 0.3) is 5.91 Å². The van der Waals surface area contributed by atoms with Crippen LogP contribution in [0, 0.1) is 25.7 Å². The predicted octanol–water partition coefficient (Wildman–Crippen LogP) is 4.28. The predicted molar refractivity (Wildman–Crippen MR) is 114 cm³/mol. The van der Waals surface area contributed by atoms with Crippen molar-refractivity contribution >= 4 is 11.8 Å². The highest BCUT2D eigenvalue weighted by molar-refractivity contribution is 5.79. The van der Waals surface area contributed by atoms with E-state index in [0.717, 1.165) is 24.8 Å². The molecule has 0 saturated carbocycles. The maximum Gasteiger partial charge on any atom is 0.262 e. The number of carbonyl (C=O) groups excluding carboxylic acids is 2. The van der Waals surface area contributed by atoms with Crippen LogP contribution in [0.15, 0.2) is 30.5 Å². The van der Waals surface area contributed by atoms with Crippen LogP contribution in [0.25, 0.3) is 0 Å². The lowest BCUT2D eigenvalue weighted by Crippen LogP contribution is -2.36. The standard InChI is InChI=1S/C23H36N2O3/c1-7-9-17(4)21(8-2)23(27)24-13-12-19(6)25-22(26)15-28-20-11-10-16(3)18(5)14-20/h10-11,14,17,21H,6-9,12-13,15H2,1-5H3,(H,24,27)(H,25,26). The highest BCUT2D eigenvalue weighted by Crippen LogP contribution is 2.20. The number of hydrogen-bond donors (Lipinski definition) is 2. The van der Waals surface area contributed by atoms with Crippen molar-refractivity contribution in [3.63, 3.8) is 0 Å².